The predicted octanol–water partition coefficient (Wildman–Crippen LogP) is 3.14. The number of amidine groups is 1. The number of nitrogens with one attached hydrogen (secondary N) is 2. The van der Waals surface area contributed by atoms with E-state index < -0.39 is 4.92 Å². The zero-order valence-electron chi connectivity index (χ0n) is 13.2. The Bertz CT molecular complexity index is 739. The summed E-state index contributed by atoms with van der Waals surface area (Å²) in [5, 5.41) is 17.3. The van der Waals surface area contributed by atoms with Crippen LogP contribution >= 0.6 is 11.8 Å². The number of carbonyl (C=O) groups is 1. The third kappa shape index (κ3) is 3.59. The van der Waals surface area contributed by atoms with Gasteiger partial charge in [-0.2, -0.15) is 0 Å². The summed E-state index contributed by atoms with van der Waals surface area (Å²) in [7, 11) is 1.63. The molecule has 2 N–H and O–H groups in total. The molecule has 1 saturated heterocycles. The Balaban J connectivity index is 1.82. The maximum atomic E-state index is 12.1. The highest BCUT2D eigenvalue weighted by Crippen LogP contribution is 2.31. The number of aliphatic imine (C=N–C) groups is 1. The average molecular weight is 346 g/mol. The fourth-order valence-corrected chi connectivity index (χ4v) is 3.73. The summed E-state index contributed by atoms with van der Waals surface area (Å²) in [4.78, 5) is 27.8. The van der Waals surface area contributed by atoms with Crippen LogP contribution in [-0.2, 0) is 4.79 Å². The second kappa shape index (κ2) is 7.04. The fourth-order valence-electron chi connectivity index (χ4n) is 2.84. The van der Waals surface area contributed by atoms with Crippen molar-refractivity contribution in [2.75, 3.05) is 12.4 Å². The van der Waals surface area contributed by atoms with Crippen LogP contribution in [-0.4, -0.2) is 29.1 Å². The first-order chi connectivity index (χ1) is 11.6. The Morgan fingerprint density at radius 3 is 2.83 bits per heavy atom. The van der Waals surface area contributed by atoms with Crippen molar-refractivity contribution < 1.29 is 9.72 Å². The number of thioether (sulfide) groups is 1. The van der Waals surface area contributed by atoms with E-state index in [0.717, 1.165) is 12.8 Å². The number of amides is 1. The van der Waals surface area contributed by atoms with Gasteiger partial charge in [0.1, 0.15) is 5.69 Å². The molecule has 1 aliphatic heterocycles. The van der Waals surface area contributed by atoms with E-state index in [1.165, 1.54) is 30.7 Å². The first-order valence-electron chi connectivity index (χ1n) is 7.81. The summed E-state index contributed by atoms with van der Waals surface area (Å²) in [5.74, 6) is -0.211. The van der Waals surface area contributed by atoms with Gasteiger partial charge in [-0.05, 0) is 42.3 Å². The SMILES string of the molecule is CNc1ccc(/C=C2/SC(=NC3CCCC3)NC2=O)cc1[N+](=O)[O-]. The third-order valence-electron chi connectivity index (χ3n) is 4.06. The van der Waals surface area contributed by atoms with E-state index in [1.54, 1.807) is 25.3 Å². The van der Waals surface area contributed by atoms with Crippen molar-refractivity contribution >= 4 is 40.3 Å². The minimum atomic E-state index is -0.442. The molecule has 2 aliphatic rings. The van der Waals surface area contributed by atoms with E-state index in [4.69, 9.17) is 0 Å². The molecule has 1 aromatic carbocycles. The lowest BCUT2D eigenvalue weighted by atomic mass is 10.1. The molecule has 1 saturated carbocycles. The number of benzene rings is 1. The lowest BCUT2D eigenvalue weighted by Gasteiger charge is -2.03. The van der Waals surface area contributed by atoms with E-state index in [0.29, 0.717) is 27.4 Å². The summed E-state index contributed by atoms with van der Waals surface area (Å²) < 4.78 is 0. The van der Waals surface area contributed by atoms with E-state index in [1.807, 2.05) is 0 Å². The smallest absolute Gasteiger partial charge is 0.292 e. The van der Waals surface area contributed by atoms with Gasteiger partial charge >= 0.3 is 0 Å². The summed E-state index contributed by atoms with van der Waals surface area (Å²) in [6.07, 6.45) is 6.16. The van der Waals surface area contributed by atoms with Crippen molar-refractivity contribution in [2.24, 2.45) is 4.99 Å². The number of hydrogen-bond donors (Lipinski definition) is 2. The molecule has 1 heterocycles. The molecule has 0 spiro atoms. The van der Waals surface area contributed by atoms with Gasteiger partial charge in [0.05, 0.1) is 15.9 Å². The summed E-state index contributed by atoms with van der Waals surface area (Å²) >= 11 is 1.29. The van der Waals surface area contributed by atoms with Crippen molar-refractivity contribution in [1.82, 2.24) is 5.32 Å². The van der Waals surface area contributed by atoms with Crippen LogP contribution in [0.4, 0.5) is 11.4 Å². The lowest BCUT2D eigenvalue weighted by molar-refractivity contribution is -0.384. The van der Waals surface area contributed by atoms with Gasteiger partial charge in [0.25, 0.3) is 11.6 Å². The number of carbonyl (C=O) groups excluding carboxylic acids is 1. The van der Waals surface area contributed by atoms with Crippen molar-refractivity contribution in [1.29, 1.82) is 0 Å². The van der Waals surface area contributed by atoms with Crippen molar-refractivity contribution in [2.45, 2.75) is 31.7 Å². The molecule has 24 heavy (non-hydrogen) atoms. The summed E-state index contributed by atoms with van der Waals surface area (Å²) in [6.45, 7) is 0. The molecule has 2 fully saturated rings. The Labute approximate surface area is 143 Å². The zero-order valence-corrected chi connectivity index (χ0v) is 14.1. The van der Waals surface area contributed by atoms with Crippen LogP contribution in [0.15, 0.2) is 28.1 Å². The van der Waals surface area contributed by atoms with Gasteiger partial charge in [-0.15, -0.1) is 0 Å². The fraction of sp³-hybridized carbons (Fsp3) is 0.375. The first kappa shape index (κ1) is 16.5. The van der Waals surface area contributed by atoms with Crippen LogP contribution in [0.2, 0.25) is 0 Å². The topological polar surface area (TPSA) is 96.6 Å². The molecule has 1 aliphatic carbocycles. The number of nitro benzene ring substituents is 1. The number of nitrogens with zero attached hydrogens (tertiary/aromatic N) is 2. The lowest BCUT2D eigenvalue weighted by Crippen LogP contribution is -2.21. The maximum Gasteiger partial charge on any atom is 0.292 e. The molecular formula is C16H18N4O3S. The molecule has 0 unspecified atom stereocenters. The van der Waals surface area contributed by atoms with Gasteiger partial charge in [-0.3, -0.25) is 19.9 Å². The molecule has 0 bridgehead atoms. The Kier molecular flexibility index (Phi) is 4.84. The second-order valence-corrected chi connectivity index (χ2v) is 6.75. The molecule has 3 rings (SSSR count). The van der Waals surface area contributed by atoms with E-state index in [-0.39, 0.29) is 11.6 Å². The van der Waals surface area contributed by atoms with Gasteiger partial charge in [0.2, 0.25) is 0 Å². The highest BCUT2D eigenvalue weighted by molar-refractivity contribution is 8.18. The van der Waals surface area contributed by atoms with Crippen LogP contribution in [0.25, 0.3) is 6.08 Å². The van der Waals surface area contributed by atoms with Crippen LogP contribution in [0, 0.1) is 10.1 Å². The molecular weight excluding hydrogens is 328 g/mol. The monoisotopic (exact) mass is 346 g/mol. The van der Waals surface area contributed by atoms with Crippen molar-refractivity contribution in [3.63, 3.8) is 0 Å². The van der Waals surface area contributed by atoms with Crippen LogP contribution < -0.4 is 10.6 Å². The van der Waals surface area contributed by atoms with Crippen LogP contribution in [0.5, 0.6) is 0 Å². The minimum absolute atomic E-state index is 0.0184. The first-order valence-corrected chi connectivity index (χ1v) is 8.63. The molecule has 126 valence electrons. The van der Waals surface area contributed by atoms with Crippen molar-refractivity contribution in [3.8, 4) is 0 Å². The third-order valence-corrected chi connectivity index (χ3v) is 4.98. The highest BCUT2D eigenvalue weighted by atomic mass is 32.2. The van der Waals surface area contributed by atoms with E-state index in [2.05, 4.69) is 15.6 Å². The number of rotatable bonds is 4. The normalized spacial score (nSPS) is 21.5. The summed E-state index contributed by atoms with van der Waals surface area (Å²) in [5.41, 5.74) is 1.03. The molecule has 1 aromatic rings. The quantitative estimate of drug-likeness (QED) is 0.496. The Hall–Kier alpha value is -2.35. The molecule has 0 atom stereocenters. The molecule has 0 radical (unpaired) electrons. The van der Waals surface area contributed by atoms with Gasteiger partial charge in [0.15, 0.2) is 5.17 Å². The zero-order chi connectivity index (χ0) is 17.1. The Morgan fingerprint density at radius 2 is 2.17 bits per heavy atom. The number of hydrogen-bond acceptors (Lipinski definition) is 6. The van der Waals surface area contributed by atoms with Gasteiger partial charge < -0.3 is 10.6 Å². The summed E-state index contributed by atoms with van der Waals surface area (Å²) in [6, 6.07) is 5.13. The number of nitro groups is 1. The molecule has 8 heteroatoms. The standard InChI is InChI=1S/C16H18N4O3S/c1-17-12-7-6-10(8-13(12)20(22)23)9-14-15(21)19-16(24-14)18-11-4-2-3-5-11/h6-9,11,17H,2-5H2,1H3,(H,18,19,21)/b14-9+. The number of anilines is 1. The average Bonchev–Trinajstić information content (AvgIpc) is 3.18. The second-order valence-electron chi connectivity index (χ2n) is 5.72. The Morgan fingerprint density at radius 1 is 1.42 bits per heavy atom. The van der Waals surface area contributed by atoms with E-state index in [9.17, 15) is 14.9 Å². The highest BCUT2D eigenvalue weighted by Gasteiger charge is 2.26. The molecule has 0 aromatic heterocycles. The predicted molar refractivity (Wildman–Crippen MR) is 96.0 cm³/mol. The van der Waals surface area contributed by atoms with Gasteiger partial charge in [0, 0.05) is 13.1 Å². The molecule has 1 amide bonds. The van der Waals surface area contributed by atoms with Crippen LogP contribution in [0.3, 0.4) is 0 Å². The van der Waals surface area contributed by atoms with Crippen molar-refractivity contribution in [3.05, 3.63) is 38.8 Å². The molecule has 7 nitrogen and oxygen atoms in total. The van der Waals surface area contributed by atoms with Gasteiger partial charge in [-0.1, -0.05) is 18.9 Å². The maximum absolute atomic E-state index is 12.1. The van der Waals surface area contributed by atoms with Gasteiger partial charge in [-0.25, -0.2) is 0 Å². The van der Waals surface area contributed by atoms with Crippen LogP contribution in [0.1, 0.15) is 31.2 Å². The van der Waals surface area contributed by atoms with E-state index >= 15 is 0 Å². The largest absolute Gasteiger partial charge is 0.383 e. The minimum Gasteiger partial charge on any atom is -0.383 e.